The van der Waals surface area contributed by atoms with Crippen molar-refractivity contribution >= 4 is 5.78 Å². The van der Waals surface area contributed by atoms with Crippen molar-refractivity contribution in [2.24, 2.45) is 5.92 Å². The van der Waals surface area contributed by atoms with Crippen LogP contribution in [0.4, 0.5) is 0 Å². The maximum atomic E-state index is 12.0. The summed E-state index contributed by atoms with van der Waals surface area (Å²) in [5, 5.41) is 0. The SMILES string of the molecule is COc1cccc(C#CCC2C(=O)C3CCN2C3)c1. The predicted molar refractivity (Wildman–Crippen MR) is 73.0 cm³/mol. The first-order chi connectivity index (χ1) is 9.28. The van der Waals surface area contributed by atoms with E-state index >= 15 is 0 Å². The van der Waals surface area contributed by atoms with Crippen molar-refractivity contribution in [3.05, 3.63) is 29.8 Å². The lowest BCUT2D eigenvalue weighted by atomic mass is 9.97. The van der Waals surface area contributed by atoms with Gasteiger partial charge < -0.3 is 4.74 Å². The van der Waals surface area contributed by atoms with E-state index in [2.05, 4.69) is 16.7 Å². The summed E-state index contributed by atoms with van der Waals surface area (Å²) in [5.74, 6) is 7.75. The fourth-order valence-electron chi connectivity index (χ4n) is 2.93. The third kappa shape index (κ3) is 2.36. The lowest BCUT2D eigenvalue weighted by molar-refractivity contribution is -0.124. The van der Waals surface area contributed by atoms with Crippen LogP contribution in [0.3, 0.4) is 0 Å². The molecule has 0 saturated carbocycles. The number of methoxy groups -OCH3 is 1. The first-order valence-electron chi connectivity index (χ1n) is 6.68. The molecule has 3 atom stereocenters. The first kappa shape index (κ1) is 12.3. The number of carbonyl (C=O) groups excluding carboxylic acids is 1. The fourth-order valence-corrected chi connectivity index (χ4v) is 2.93. The number of benzene rings is 1. The van der Waals surface area contributed by atoms with Crippen molar-refractivity contribution in [2.45, 2.75) is 18.9 Å². The highest BCUT2D eigenvalue weighted by Crippen LogP contribution is 2.31. The zero-order chi connectivity index (χ0) is 13.2. The minimum absolute atomic E-state index is 0.0388. The predicted octanol–water partition coefficient (Wildman–Crippen LogP) is 1.71. The molecule has 2 heterocycles. The molecule has 3 rings (SSSR count). The van der Waals surface area contributed by atoms with Crippen molar-refractivity contribution in [3.8, 4) is 17.6 Å². The van der Waals surface area contributed by atoms with Gasteiger partial charge >= 0.3 is 0 Å². The Morgan fingerprint density at radius 3 is 3.11 bits per heavy atom. The summed E-state index contributed by atoms with van der Waals surface area (Å²) in [6, 6.07) is 7.73. The largest absolute Gasteiger partial charge is 0.497 e. The third-order valence-electron chi connectivity index (χ3n) is 3.99. The second-order valence-corrected chi connectivity index (χ2v) is 5.14. The molecule has 3 nitrogen and oxygen atoms in total. The Hall–Kier alpha value is -1.79. The Kier molecular flexibility index (Phi) is 3.27. The number of nitrogens with zero attached hydrogens (tertiary/aromatic N) is 1. The molecule has 0 aliphatic carbocycles. The van der Waals surface area contributed by atoms with Crippen LogP contribution < -0.4 is 4.74 Å². The average molecular weight is 255 g/mol. The molecule has 0 aromatic heterocycles. The molecular weight excluding hydrogens is 238 g/mol. The molecule has 19 heavy (non-hydrogen) atoms. The number of ketones is 1. The minimum Gasteiger partial charge on any atom is -0.497 e. The molecule has 2 saturated heterocycles. The Morgan fingerprint density at radius 1 is 1.47 bits per heavy atom. The zero-order valence-corrected chi connectivity index (χ0v) is 11.1. The molecule has 2 aliphatic heterocycles. The van der Waals surface area contributed by atoms with Crippen LogP contribution in [-0.4, -0.2) is 36.9 Å². The summed E-state index contributed by atoms with van der Waals surface area (Å²) < 4.78 is 5.16. The summed E-state index contributed by atoms with van der Waals surface area (Å²) in [5.41, 5.74) is 0.935. The highest BCUT2D eigenvalue weighted by molar-refractivity contribution is 5.89. The van der Waals surface area contributed by atoms with E-state index in [4.69, 9.17) is 4.74 Å². The van der Waals surface area contributed by atoms with Crippen molar-refractivity contribution in [2.75, 3.05) is 20.2 Å². The highest BCUT2D eigenvalue weighted by Gasteiger charge is 2.44. The second kappa shape index (κ2) is 5.07. The number of piperidine rings is 1. The van der Waals surface area contributed by atoms with Gasteiger partial charge in [0.15, 0.2) is 5.78 Å². The molecule has 0 N–H and O–H groups in total. The monoisotopic (exact) mass is 255 g/mol. The molecule has 98 valence electrons. The molecule has 2 aliphatic rings. The number of fused-ring (bicyclic) bond motifs is 2. The van der Waals surface area contributed by atoms with Crippen LogP contribution in [0.5, 0.6) is 5.75 Å². The van der Waals surface area contributed by atoms with Crippen molar-refractivity contribution in [1.29, 1.82) is 0 Å². The van der Waals surface area contributed by atoms with Crippen molar-refractivity contribution < 1.29 is 9.53 Å². The lowest BCUT2D eigenvalue weighted by Gasteiger charge is -2.21. The van der Waals surface area contributed by atoms with Crippen molar-refractivity contribution in [3.63, 3.8) is 0 Å². The topological polar surface area (TPSA) is 29.5 Å². The number of ether oxygens (including phenoxy) is 1. The molecule has 0 amide bonds. The summed E-state index contributed by atoms with van der Waals surface area (Å²) in [6.07, 6.45) is 1.69. The summed E-state index contributed by atoms with van der Waals surface area (Å²) in [4.78, 5) is 14.3. The van der Waals surface area contributed by atoms with Crippen LogP contribution in [0.2, 0.25) is 0 Å². The van der Waals surface area contributed by atoms with Gasteiger partial charge in [0, 0.05) is 24.4 Å². The van der Waals surface area contributed by atoms with E-state index < -0.39 is 0 Å². The van der Waals surface area contributed by atoms with Crippen LogP contribution in [-0.2, 0) is 4.79 Å². The van der Waals surface area contributed by atoms with Gasteiger partial charge in [0.1, 0.15) is 5.75 Å². The Labute approximate surface area is 113 Å². The Balaban J connectivity index is 1.66. The number of carbonyl (C=O) groups is 1. The van der Waals surface area contributed by atoms with E-state index in [0.29, 0.717) is 12.2 Å². The van der Waals surface area contributed by atoms with Gasteiger partial charge in [0.2, 0.25) is 0 Å². The molecule has 2 fully saturated rings. The van der Waals surface area contributed by atoms with E-state index in [1.54, 1.807) is 7.11 Å². The van der Waals surface area contributed by atoms with Crippen LogP contribution >= 0.6 is 0 Å². The third-order valence-corrected chi connectivity index (χ3v) is 3.99. The number of rotatable bonds is 2. The van der Waals surface area contributed by atoms with Crippen LogP contribution in [0.25, 0.3) is 0 Å². The Bertz CT molecular complexity index is 555. The van der Waals surface area contributed by atoms with Gasteiger partial charge in [-0.25, -0.2) is 0 Å². The van der Waals surface area contributed by atoms with E-state index in [1.165, 1.54) is 0 Å². The second-order valence-electron chi connectivity index (χ2n) is 5.14. The summed E-state index contributed by atoms with van der Waals surface area (Å²) >= 11 is 0. The van der Waals surface area contributed by atoms with Gasteiger partial charge in [-0.1, -0.05) is 17.9 Å². The zero-order valence-electron chi connectivity index (χ0n) is 11.1. The maximum Gasteiger partial charge on any atom is 0.155 e. The standard InChI is InChI=1S/C16H17NO2/c1-19-14-6-2-4-12(10-14)5-3-7-15-16(18)13-8-9-17(15)11-13/h2,4,6,10,13,15H,7-9,11H2,1H3. The van der Waals surface area contributed by atoms with Gasteiger partial charge in [-0.2, -0.15) is 0 Å². The number of hydrogen-bond donors (Lipinski definition) is 0. The van der Waals surface area contributed by atoms with Gasteiger partial charge in [-0.3, -0.25) is 9.69 Å². The maximum absolute atomic E-state index is 12.0. The van der Waals surface area contributed by atoms with Gasteiger partial charge in [-0.05, 0) is 31.2 Å². The lowest BCUT2D eigenvalue weighted by Crippen LogP contribution is -2.35. The normalized spacial score (nSPS) is 28.1. The average Bonchev–Trinajstić information content (AvgIpc) is 3.02. The van der Waals surface area contributed by atoms with Crippen LogP contribution in [0.1, 0.15) is 18.4 Å². The highest BCUT2D eigenvalue weighted by atomic mass is 16.5. The molecule has 0 radical (unpaired) electrons. The van der Waals surface area contributed by atoms with E-state index in [1.807, 2.05) is 24.3 Å². The van der Waals surface area contributed by atoms with Gasteiger partial charge in [0.25, 0.3) is 0 Å². The van der Waals surface area contributed by atoms with Crippen molar-refractivity contribution in [1.82, 2.24) is 4.90 Å². The van der Waals surface area contributed by atoms with Crippen LogP contribution in [0.15, 0.2) is 24.3 Å². The van der Waals surface area contributed by atoms with Gasteiger partial charge in [0.05, 0.1) is 13.2 Å². The molecular formula is C16H17NO2. The van der Waals surface area contributed by atoms with E-state index in [9.17, 15) is 4.79 Å². The number of Topliss-reactive ketones (excluding diaryl/α,β-unsaturated/α-hetero) is 1. The summed E-state index contributed by atoms with van der Waals surface area (Å²) in [6.45, 7) is 2.01. The quantitative estimate of drug-likeness (QED) is 0.753. The number of hydrogen-bond acceptors (Lipinski definition) is 3. The molecule has 2 bridgehead atoms. The van der Waals surface area contributed by atoms with Gasteiger partial charge in [-0.15, -0.1) is 0 Å². The molecule has 0 spiro atoms. The summed E-state index contributed by atoms with van der Waals surface area (Å²) in [7, 11) is 1.65. The molecule has 3 unspecified atom stereocenters. The minimum atomic E-state index is 0.0388. The van der Waals surface area contributed by atoms with Crippen LogP contribution in [0, 0.1) is 17.8 Å². The first-order valence-corrected chi connectivity index (χ1v) is 6.68. The molecule has 1 aromatic rings. The molecule has 3 heteroatoms. The van der Waals surface area contributed by atoms with E-state index in [0.717, 1.165) is 30.8 Å². The van der Waals surface area contributed by atoms with E-state index in [-0.39, 0.29) is 12.0 Å². The smallest absolute Gasteiger partial charge is 0.155 e. The fraction of sp³-hybridized carbons (Fsp3) is 0.438. The Morgan fingerprint density at radius 2 is 2.37 bits per heavy atom. The molecule has 1 aromatic carbocycles.